The molecule has 0 radical (unpaired) electrons. The van der Waals surface area contributed by atoms with Crippen LogP contribution in [0.3, 0.4) is 0 Å². The van der Waals surface area contributed by atoms with E-state index in [0.717, 1.165) is 12.8 Å². The number of hydrogen-bond donors (Lipinski definition) is 1. The van der Waals surface area contributed by atoms with Crippen molar-refractivity contribution >= 4 is 39.3 Å². The summed E-state index contributed by atoms with van der Waals surface area (Å²) in [5, 5.41) is 0.567. The van der Waals surface area contributed by atoms with E-state index < -0.39 is 0 Å². The zero-order chi connectivity index (χ0) is 14.0. The van der Waals surface area contributed by atoms with Crippen LogP contribution in [0, 0.1) is 5.92 Å². The Labute approximate surface area is 125 Å². The van der Waals surface area contributed by atoms with Crippen molar-refractivity contribution in [2.24, 2.45) is 11.7 Å². The predicted octanol–water partition coefficient (Wildman–Crippen LogP) is 2.44. The van der Waals surface area contributed by atoms with Gasteiger partial charge in [-0.2, -0.15) is 0 Å². The van der Waals surface area contributed by atoms with Crippen LogP contribution >= 0.6 is 27.5 Å². The van der Waals surface area contributed by atoms with E-state index in [1.807, 2.05) is 0 Å². The van der Waals surface area contributed by atoms with Crippen molar-refractivity contribution in [3.8, 4) is 0 Å². The highest BCUT2D eigenvalue weighted by Gasteiger charge is 2.28. The van der Waals surface area contributed by atoms with Crippen LogP contribution in [0.5, 0.6) is 0 Å². The molecule has 0 bridgehead atoms. The molecule has 0 aliphatic carbocycles. The Balaban J connectivity index is 2.17. The SMILES string of the molecule is NC(=O)C1CCCN(C(=O)c2ccc(Cl)cc2Br)C1. The van der Waals surface area contributed by atoms with E-state index in [1.54, 1.807) is 23.1 Å². The second-order valence-corrected chi connectivity index (χ2v) is 5.91. The van der Waals surface area contributed by atoms with Crippen LogP contribution < -0.4 is 5.73 Å². The van der Waals surface area contributed by atoms with Gasteiger partial charge in [-0.1, -0.05) is 11.6 Å². The van der Waals surface area contributed by atoms with Crippen molar-refractivity contribution in [1.82, 2.24) is 4.90 Å². The second-order valence-electron chi connectivity index (χ2n) is 4.62. The fraction of sp³-hybridized carbons (Fsp3) is 0.385. The molecule has 6 heteroatoms. The molecule has 0 saturated carbocycles. The van der Waals surface area contributed by atoms with E-state index >= 15 is 0 Å². The molecule has 1 unspecified atom stereocenters. The number of piperidine rings is 1. The van der Waals surface area contributed by atoms with Gasteiger partial charge in [0.05, 0.1) is 11.5 Å². The fourth-order valence-electron chi connectivity index (χ4n) is 2.23. The van der Waals surface area contributed by atoms with Crippen LogP contribution in [-0.4, -0.2) is 29.8 Å². The van der Waals surface area contributed by atoms with Gasteiger partial charge in [0.1, 0.15) is 0 Å². The van der Waals surface area contributed by atoms with E-state index in [-0.39, 0.29) is 17.7 Å². The lowest BCUT2D eigenvalue weighted by Gasteiger charge is -2.31. The van der Waals surface area contributed by atoms with Gasteiger partial charge in [0.15, 0.2) is 0 Å². The second kappa shape index (κ2) is 5.92. The summed E-state index contributed by atoms with van der Waals surface area (Å²) >= 11 is 9.19. The predicted molar refractivity (Wildman–Crippen MR) is 77.0 cm³/mol. The third kappa shape index (κ3) is 3.28. The number of hydrogen-bond acceptors (Lipinski definition) is 2. The number of carbonyl (C=O) groups excluding carboxylic acids is 2. The molecule has 1 heterocycles. The van der Waals surface area contributed by atoms with Gasteiger partial charge in [-0.3, -0.25) is 9.59 Å². The van der Waals surface area contributed by atoms with Crippen molar-refractivity contribution in [1.29, 1.82) is 0 Å². The van der Waals surface area contributed by atoms with Crippen LogP contribution in [0.1, 0.15) is 23.2 Å². The first-order chi connectivity index (χ1) is 8.99. The molecule has 4 nitrogen and oxygen atoms in total. The highest BCUT2D eigenvalue weighted by atomic mass is 79.9. The maximum absolute atomic E-state index is 12.4. The lowest BCUT2D eigenvalue weighted by Crippen LogP contribution is -2.44. The number of carbonyl (C=O) groups is 2. The Morgan fingerprint density at radius 3 is 2.79 bits per heavy atom. The van der Waals surface area contributed by atoms with E-state index in [2.05, 4.69) is 15.9 Å². The highest BCUT2D eigenvalue weighted by Crippen LogP contribution is 2.25. The maximum atomic E-state index is 12.4. The van der Waals surface area contributed by atoms with Crippen LogP contribution in [-0.2, 0) is 4.79 Å². The Bertz CT molecular complexity index is 521. The summed E-state index contributed by atoms with van der Waals surface area (Å²) in [7, 11) is 0. The Morgan fingerprint density at radius 2 is 2.16 bits per heavy atom. The number of benzene rings is 1. The molecule has 19 heavy (non-hydrogen) atoms. The monoisotopic (exact) mass is 344 g/mol. The molecule has 1 aliphatic heterocycles. The van der Waals surface area contributed by atoms with Crippen LogP contribution in [0.2, 0.25) is 5.02 Å². The van der Waals surface area contributed by atoms with E-state index in [0.29, 0.717) is 28.1 Å². The maximum Gasteiger partial charge on any atom is 0.255 e. The minimum atomic E-state index is -0.340. The average molecular weight is 346 g/mol. The van der Waals surface area contributed by atoms with Crippen molar-refractivity contribution in [2.75, 3.05) is 13.1 Å². The molecule has 2 rings (SSSR count). The molecule has 102 valence electrons. The molecule has 0 aromatic heterocycles. The lowest BCUT2D eigenvalue weighted by molar-refractivity contribution is -0.123. The van der Waals surface area contributed by atoms with Gasteiger partial charge in [-0.25, -0.2) is 0 Å². The summed E-state index contributed by atoms with van der Waals surface area (Å²) in [6.45, 7) is 1.04. The van der Waals surface area contributed by atoms with Gasteiger partial charge in [0.25, 0.3) is 5.91 Å². The molecular formula is C13H14BrClN2O2. The smallest absolute Gasteiger partial charge is 0.255 e. The number of rotatable bonds is 2. The molecule has 1 atom stereocenters. The van der Waals surface area contributed by atoms with Crippen LogP contribution in [0.25, 0.3) is 0 Å². The summed E-state index contributed by atoms with van der Waals surface area (Å²) in [6.07, 6.45) is 1.55. The Morgan fingerprint density at radius 1 is 1.42 bits per heavy atom. The molecule has 1 fully saturated rings. The third-order valence-electron chi connectivity index (χ3n) is 3.27. The summed E-state index contributed by atoms with van der Waals surface area (Å²) in [6, 6.07) is 5.04. The lowest BCUT2D eigenvalue weighted by atomic mass is 9.97. The molecule has 1 saturated heterocycles. The first-order valence-corrected chi connectivity index (χ1v) is 7.20. The number of amides is 2. The molecule has 2 N–H and O–H groups in total. The molecule has 1 aliphatic rings. The molecule has 0 spiro atoms. The number of nitrogens with two attached hydrogens (primary N) is 1. The van der Waals surface area contributed by atoms with Crippen LogP contribution in [0.15, 0.2) is 22.7 Å². The third-order valence-corrected chi connectivity index (χ3v) is 4.16. The van der Waals surface area contributed by atoms with Crippen molar-refractivity contribution in [3.05, 3.63) is 33.3 Å². The molecule has 2 amide bonds. The van der Waals surface area contributed by atoms with Gasteiger partial charge in [0, 0.05) is 22.6 Å². The largest absolute Gasteiger partial charge is 0.369 e. The summed E-state index contributed by atoms with van der Waals surface area (Å²) in [5.41, 5.74) is 5.86. The van der Waals surface area contributed by atoms with Gasteiger partial charge < -0.3 is 10.6 Å². The first-order valence-electron chi connectivity index (χ1n) is 6.02. The van der Waals surface area contributed by atoms with Crippen molar-refractivity contribution in [3.63, 3.8) is 0 Å². The van der Waals surface area contributed by atoms with Gasteiger partial charge in [-0.05, 0) is 47.0 Å². The van der Waals surface area contributed by atoms with E-state index in [4.69, 9.17) is 17.3 Å². The molecule has 1 aromatic rings. The fourth-order valence-corrected chi connectivity index (χ4v) is 3.08. The van der Waals surface area contributed by atoms with Gasteiger partial charge in [-0.15, -0.1) is 0 Å². The minimum absolute atomic E-state index is 0.102. The zero-order valence-corrected chi connectivity index (χ0v) is 12.6. The first kappa shape index (κ1) is 14.3. The highest BCUT2D eigenvalue weighted by molar-refractivity contribution is 9.10. The molecular weight excluding hydrogens is 332 g/mol. The number of primary amides is 1. The summed E-state index contributed by atoms with van der Waals surface area (Å²) < 4.78 is 0.659. The summed E-state index contributed by atoms with van der Waals surface area (Å²) in [4.78, 5) is 25.3. The van der Waals surface area contributed by atoms with Gasteiger partial charge >= 0.3 is 0 Å². The molecule has 1 aromatic carbocycles. The van der Waals surface area contributed by atoms with E-state index in [9.17, 15) is 9.59 Å². The van der Waals surface area contributed by atoms with E-state index in [1.165, 1.54) is 0 Å². The van der Waals surface area contributed by atoms with Crippen molar-refractivity contribution in [2.45, 2.75) is 12.8 Å². The van der Waals surface area contributed by atoms with Crippen LogP contribution in [0.4, 0.5) is 0 Å². The number of nitrogens with zero attached hydrogens (tertiary/aromatic N) is 1. The average Bonchev–Trinajstić information content (AvgIpc) is 2.38. The number of likely N-dealkylation sites (tertiary alicyclic amines) is 1. The quantitative estimate of drug-likeness (QED) is 0.895. The Kier molecular flexibility index (Phi) is 4.47. The summed E-state index contributed by atoms with van der Waals surface area (Å²) in [5.74, 6) is -0.689. The zero-order valence-electron chi connectivity index (χ0n) is 10.2. The topological polar surface area (TPSA) is 63.4 Å². The van der Waals surface area contributed by atoms with Crippen molar-refractivity contribution < 1.29 is 9.59 Å². The number of halogens is 2. The standard InChI is InChI=1S/C13H14BrClN2O2/c14-11-6-9(15)3-4-10(11)13(19)17-5-1-2-8(7-17)12(16)18/h3-4,6,8H,1-2,5,7H2,(H2,16,18). The van der Waals surface area contributed by atoms with Gasteiger partial charge in [0.2, 0.25) is 5.91 Å². The minimum Gasteiger partial charge on any atom is -0.369 e. The Hall–Kier alpha value is -1.07. The normalized spacial score (nSPS) is 19.3.